The maximum Gasteiger partial charge on any atom is 0.130 e. The lowest BCUT2D eigenvalue weighted by Crippen LogP contribution is -2.19. The number of hydrogen-bond acceptors (Lipinski definition) is 4. The van der Waals surface area contributed by atoms with E-state index >= 15 is 0 Å². The molecule has 4 heteroatoms. The number of hydrogen-bond donors (Lipinski definition) is 1. The smallest absolute Gasteiger partial charge is 0.130 e. The van der Waals surface area contributed by atoms with Crippen molar-refractivity contribution < 1.29 is 0 Å². The van der Waals surface area contributed by atoms with Crippen molar-refractivity contribution in [3.63, 3.8) is 0 Å². The summed E-state index contributed by atoms with van der Waals surface area (Å²) in [6.45, 7) is 4.80. The van der Waals surface area contributed by atoms with Crippen LogP contribution in [0.5, 0.6) is 0 Å². The zero-order valence-electron chi connectivity index (χ0n) is 12.2. The Labute approximate surface area is 120 Å². The molecule has 4 nitrogen and oxygen atoms in total. The highest BCUT2D eigenvalue weighted by atomic mass is 15.1. The van der Waals surface area contributed by atoms with Crippen molar-refractivity contribution in [2.24, 2.45) is 0 Å². The van der Waals surface area contributed by atoms with Crippen molar-refractivity contribution in [1.29, 1.82) is 0 Å². The van der Waals surface area contributed by atoms with Gasteiger partial charge in [-0.2, -0.15) is 0 Å². The molecule has 0 fully saturated rings. The van der Waals surface area contributed by atoms with E-state index in [2.05, 4.69) is 46.3 Å². The molecule has 2 aromatic heterocycles. The fraction of sp³-hybridized carbons (Fsp3) is 0.375. The summed E-state index contributed by atoms with van der Waals surface area (Å²) >= 11 is 0. The summed E-state index contributed by atoms with van der Waals surface area (Å²) < 4.78 is 0. The van der Waals surface area contributed by atoms with E-state index in [4.69, 9.17) is 0 Å². The molecular formula is C16H22N4. The van der Waals surface area contributed by atoms with Crippen molar-refractivity contribution in [3.05, 3.63) is 54.0 Å². The van der Waals surface area contributed by atoms with Gasteiger partial charge >= 0.3 is 0 Å². The molecule has 1 N–H and O–H groups in total. The van der Waals surface area contributed by atoms with E-state index in [9.17, 15) is 0 Å². The second-order valence-electron chi connectivity index (χ2n) is 4.93. The molecule has 0 spiro atoms. The molecule has 0 aliphatic rings. The predicted octanol–water partition coefficient (Wildman–Crippen LogP) is 2.93. The summed E-state index contributed by atoms with van der Waals surface area (Å²) in [6.07, 6.45) is 4.77. The Morgan fingerprint density at radius 2 is 1.90 bits per heavy atom. The Hall–Kier alpha value is -1.94. The van der Waals surface area contributed by atoms with Crippen LogP contribution in [0.3, 0.4) is 0 Å². The molecule has 2 rings (SSSR count). The molecule has 2 aromatic rings. The lowest BCUT2D eigenvalue weighted by molar-refractivity contribution is 0.315. The van der Waals surface area contributed by atoms with Crippen LogP contribution in [0.4, 0.5) is 5.82 Å². The van der Waals surface area contributed by atoms with Crippen LogP contribution in [0.2, 0.25) is 0 Å². The van der Waals surface area contributed by atoms with Gasteiger partial charge in [0, 0.05) is 37.6 Å². The molecule has 20 heavy (non-hydrogen) atoms. The third-order valence-corrected chi connectivity index (χ3v) is 3.03. The molecule has 2 heterocycles. The van der Waals surface area contributed by atoms with E-state index in [1.54, 1.807) is 0 Å². The number of nitrogens with one attached hydrogen (secondary N) is 1. The second-order valence-corrected chi connectivity index (χ2v) is 4.93. The van der Waals surface area contributed by atoms with Crippen LogP contribution in [0.15, 0.2) is 42.7 Å². The Bertz CT molecular complexity index is 513. The van der Waals surface area contributed by atoms with Crippen molar-refractivity contribution in [2.45, 2.75) is 26.4 Å². The maximum absolute atomic E-state index is 4.42. The van der Waals surface area contributed by atoms with Gasteiger partial charge < -0.3 is 5.32 Å². The molecule has 0 unspecified atom stereocenters. The summed E-state index contributed by atoms with van der Waals surface area (Å²) in [5.74, 6) is 0.988. The lowest BCUT2D eigenvalue weighted by Gasteiger charge is -2.18. The normalized spacial score (nSPS) is 10.8. The van der Waals surface area contributed by atoms with E-state index in [1.807, 2.05) is 30.6 Å². The average molecular weight is 270 g/mol. The number of anilines is 1. The van der Waals surface area contributed by atoms with Crippen LogP contribution in [0, 0.1) is 0 Å². The SMILES string of the molecule is CCCNc1ncccc1CN(C)Cc1ccccn1. The Balaban J connectivity index is 1.98. The molecule has 0 saturated heterocycles. The third kappa shape index (κ3) is 4.31. The molecule has 0 bridgehead atoms. The number of aromatic nitrogens is 2. The topological polar surface area (TPSA) is 41.1 Å². The highest BCUT2D eigenvalue weighted by Gasteiger charge is 2.07. The average Bonchev–Trinajstić information content (AvgIpc) is 2.47. The molecule has 0 aliphatic heterocycles. The first kappa shape index (κ1) is 14.5. The largest absolute Gasteiger partial charge is 0.370 e. The van der Waals surface area contributed by atoms with E-state index < -0.39 is 0 Å². The van der Waals surface area contributed by atoms with E-state index in [0.717, 1.165) is 37.6 Å². The first-order chi connectivity index (χ1) is 9.79. The van der Waals surface area contributed by atoms with Crippen LogP contribution < -0.4 is 5.32 Å². The van der Waals surface area contributed by atoms with Crippen LogP contribution in [-0.4, -0.2) is 28.5 Å². The van der Waals surface area contributed by atoms with E-state index in [0.29, 0.717) is 0 Å². The fourth-order valence-electron chi connectivity index (χ4n) is 2.08. The minimum Gasteiger partial charge on any atom is -0.370 e. The van der Waals surface area contributed by atoms with Gasteiger partial charge in [-0.3, -0.25) is 9.88 Å². The molecule has 0 aromatic carbocycles. The van der Waals surface area contributed by atoms with E-state index in [-0.39, 0.29) is 0 Å². The van der Waals surface area contributed by atoms with Gasteiger partial charge in [0.25, 0.3) is 0 Å². The number of nitrogens with zero attached hydrogens (tertiary/aromatic N) is 3. The lowest BCUT2D eigenvalue weighted by atomic mass is 10.2. The highest BCUT2D eigenvalue weighted by Crippen LogP contribution is 2.14. The molecule has 106 valence electrons. The van der Waals surface area contributed by atoms with Gasteiger partial charge in [-0.05, 0) is 31.7 Å². The Morgan fingerprint density at radius 1 is 1.05 bits per heavy atom. The summed E-state index contributed by atoms with van der Waals surface area (Å²) in [5.41, 5.74) is 2.31. The van der Waals surface area contributed by atoms with Gasteiger partial charge in [-0.1, -0.05) is 19.1 Å². The highest BCUT2D eigenvalue weighted by molar-refractivity contribution is 5.43. The van der Waals surface area contributed by atoms with Crippen LogP contribution in [0.25, 0.3) is 0 Å². The first-order valence-corrected chi connectivity index (χ1v) is 7.06. The Morgan fingerprint density at radius 3 is 2.65 bits per heavy atom. The van der Waals surface area contributed by atoms with Gasteiger partial charge in [0.15, 0.2) is 0 Å². The Kier molecular flexibility index (Phi) is 5.50. The first-order valence-electron chi connectivity index (χ1n) is 7.06. The standard InChI is InChI=1S/C16H22N4/c1-3-9-18-16-14(7-6-11-19-16)12-20(2)13-15-8-4-5-10-17-15/h4-8,10-11H,3,9,12-13H2,1-2H3,(H,18,19). The van der Waals surface area contributed by atoms with E-state index in [1.165, 1.54) is 5.56 Å². The molecule has 0 radical (unpaired) electrons. The second kappa shape index (κ2) is 7.60. The summed E-state index contributed by atoms with van der Waals surface area (Å²) in [7, 11) is 2.10. The van der Waals surface area contributed by atoms with Crippen LogP contribution >= 0.6 is 0 Å². The minimum absolute atomic E-state index is 0.836. The maximum atomic E-state index is 4.42. The number of rotatable bonds is 7. The van der Waals surface area contributed by atoms with Crippen LogP contribution in [0.1, 0.15) is 24.6 Å². The monoisotopic (exact) mass is 270 g/mol. The molecular weight excluding hydrogens is 248 g/mol. The van der Waals surface area contributed by atoms with Gasteiger partial charge in [-0.15, -0.1) is 0 Å². The van der Waals surface area contributed by atoms with Crippen LogP contribution in [-0.2, 0) is 13.1 Å². The van der Waals surface area contributed by atoms with Crippen molar-refractivity contribution >= 4 is 5.82 Å². The molecule has 0 amide bonds. The molecule has 0 aliphatic carbocycles. The summed E-state index contributed by atoms with van der Waals surface area (Å²) in [4.78, 5) is 11.0. The molecule has 0 saturated carbocycles. The van der Waals surface area contributed by atoms with Gasteiger partial charge in [0.05, 0.1) is 5.69 Å². The van der Waals surface area contributed by atoms with Crippen molar-refractivity contribution in [2.75, 3.05) is 18.9 Å². The number of pyridine rings is 2. The summed E-state index contributed by atoms with van der Waals surface area (Å²) in [6, 6.07) is 10.1. The zero-order valence-corrected chi connectivity index (χ0v) is 12.2. The zero-order chi connectivity index (χ0) is 14.2. The fourth-order valence-corrected chi connectivity index (χ4v) is 2.08. The van der Waals surface area contributed by atoms with Gasteiger partial charge in [0.1, 0.15) is 5.82 Å². The summed E-state index contributed by atoms with van der Waals surface area (Å²) in [5, 5.41) is 3.38. The predicted molar refractivity (Wildman–Crippen MR) is 82.4 cm³/mol. The minimum atomic E-state index is 0.836. The third-order valence-electron chi connectivity index (χ3n) is 3.03. The van der Waals surface area contributed by atoms with Crippen molar-refractivity contribution in [3.8, 4) is 0 Å². The van der Waals surface area contributed by atoms with Gasteiger partial charge in [0.2, 0.25) is 0 Å². The quantitative estimate of drug-likeness (QED) is 0.840. The molecule has 0 atom stereocenters. The van der Waals surface area contributed by atoms with Gasteiger partial charge in [-0.25, -0.2) is 4.98 Å². The van der Waals surface area contributed by atoms with Crippen molar-refractivity contribution in [1.82, 2.24) is 14.9 Å².